The average molecular weight is 144 g/mol. The van der Waals surface area contributed by atoms with E-state index in [1.807, 2.05) is 7.85 Å². The molecule has 0 aromatic carbocycles. The first-order chi connectivity index (χ1) is 4.74. The monoisotopic (exact) mass is 144 g/mol. The minimum absolute atomic E-state index is 0.111. The highest BCUT2D eigenvalue weighted by Crippen LogP contribution is 2.17. The smallest absolute Gasteiger partial charge is 0.139 e. The molecule has 3 nitrogen and oxygen atoms in total. The van der Waals surface area contributed by atoms with Crippen molar-refractivity contribution in [2.75, 3.05) is 13.7 Å². The van der Waals surface area contributed by atoms with Gasteiger partial charge in [-0.15, -0.1) is 0 Å². The fourth-order valence-corrected chi connectivity index (χ4v) is 1.25. The quantitative estimate of drug-likeness (QED) is 0.491. The molecule has 1 fully saturated rings. The Hall–Kier alpha value is -0.0551. The molecule has 1 rings (SSSR count). The minimum Gasteiger partial charge on any atom is -0.390 e. The van der Waals surface area contributed by atoms with Gasteiger partial charge in [0.1, 0.15) is 14.0 Å². The van der Waals surface area contributed by atoms with Crippen molar-refractivity contribution in [3.05, 3.63) is 0 Å². The third-order valence-corrected chi connectivity index (χ3v) is 1.74. The first-order valence-electron chi connectivity index (χ1n) is 3.56. The molecule has 1 heterocycles. The van der Waals surface area contributed by atoms with Gasteiger partial charge in [0.2, 0.25) is 0 Å². The van der Waals surface area contributed by atoms with Crippen molar-refractivity contribution in [3.63, 3.8) is 0 Å². The van der Waals surface area contributed by atoms with E-state index < -0.39 is 0 Å². The lowest BCUT2D eigenvalue weighted by Crippen LogP contribution is -2.25. The molecule has 1 N–H and O–H groups in total. The number of aliphatic hydroxyl groups is 1. The van der Waals surface area contributed by atoms with Gasteiger partial charge in [0.25, 0.3) is 0 Å². The maximum Gasteiger partial charge on any atom is 0.139 e. The van der Waals surface area contributed by atoms with Crippen LogP contribution in [0.5, 0.6) is 0 Å². The van der Waals surface area contributed by atoms with Crippen molar-refractivity contribution in [3.8, 4) is 0 Å². The van der Waals surface area contributed by atoms with E-state index in [2.05, 4.69) is 0 Å². The van der Waals surface area contributed by atoms with Crippen LogP contribution < -0.4 is 0 Å². The maximum absolute atomic E-state index is 9.29. The van der Waals surface area contributed by atoms with Crippen LogP contribution >= 0.6 is 0 Å². The summed E-state index contributed by atoms with van der Waals surface area (Å²) in [5.74, 6) is 0. The highest BCUT2D eigenvalue weighted by Gasteiger charge is 2.30. The largest absolute Gasteiger partial charge is 0.390 e. The molecule has 0 aliphatic carbocycles. The van der Waals surface area contributed by atoms with Crippen LogP contribution in [0.25, 0.3) is 0 Å². The fraction of sp³-hybridized carbons (Fsp3) is 1.00. The number of methoxy groups -OCH3 is 1. The van der Waals surface area contributed by atoms with Crippen LogP contribution in [0, 0.1) is 0 Å². The van der Waals surface area contributed by atoms with Crippen LogP contribution in [-0.2, 0) is 9.47 Å². The van der Waals surface area contributed by atoms with Gasteiger partial charge in [-0.1, -0.05) is 0 Å². The molecule has 0 spiro atoms. The number of rotatable bonds is 2. The number of aliphatic hydroxyl groups excluding tert-OH is 1. The lowest BCUT2D eigenvalue weighted by atomic mass is 9.96. The second-order valence-electron chi connectivity index (χ2n) is 2.74. The zero-order valence-corrected chi connectivity index (χ0v) is 6.41. The van der Waals surface area contributed by atoms with Crippen LogP contribution in [0.3, 0.4) is 0 Å². The summed E-state index contributed by atoms with van der Waals surface area (Å²) in [6, 6.07) is 0.176. The molecule has 0 aromatic rings. The van der Waals surface area contributed by atoms with Gasteiger partial charge in [-0.25, -0.2) is 0 Å². The fourth-order valence-electron chi connectivity index (χ4n) is 1.25. The summed E-state index contributed by atoms with van der Waals surface area (Å²) in [7, 11) is 3.57. The van der Waals surface area contributed by atoms with Crippen molar-refractivity contribution in [2.24, 2.45) is 0 Å². The summed E-state index contributed by atoms with van der Waals surface area (Å²) in [6.45, 7) is 0.492. The molecular weight excluding hydrogens is 131 g/mol. The molecule has 0 bridgehead atoms. The normalized spacial score (nSPS) is 40.4. The molecule has 3 atom stereocenters. The van der Waals surface area contributed by atoms with E-state index in [0.717, 1.165) is 6.42 Å². The van der Waals surface area contributed by atoms with E-state index in [1.54, 1.807) is 7.11 Å². The van der Waals surface area contributed by atoms with Gasteiger partial charge < -0.3 is 14.6 Å². The zero-order valence-electron chi connectivity index (χ0n) is 6.41. The van der Waals surface area contributed by atoms with E-state index in [1.165, 1.54) is 0 Å². The molecule has 0 radical (unpaired) electrons. The van der Waals surface area contributed by atoms with Gasteiger partial charge in [-0.05, 0) is 6.42 Å². The molecule has 1 saturated heterocycles. The first kappa shape index (κ1) is 8.05. The van der Waals surface area contributed by atoms with Gasteiger partial charge in [-0.2, -0.15) is 0 Å². The first-order valence-corrected chi connectivity index (χ1v) is 3.56. The van der Waals surface area contributed by atoms with Crippen LogP contribution in [0.2, 0.25) is 0 Å². The van der Waals surface area contributed by atoms with Gasteiger partial charge >= 0.3 is 0 Å². The third-order valence-electron chi connectivity index (χ3n) is 1.74. The predicted octanol–water partition coefficient (Wildman–Crippen LogP) is -1.26. The van der Waals surface area contributed by atoms with E-state index in [4.69, 9.17) is 9.47 Å². The molecule has 58 valence electrons. The van der Waals surface area contributed by atoms with Crippen molar-refractivity contribution < 1.29 is 14.6 Å². The van der Waals surface area contributed by atoms with E-state index in [9.17, 15) is 5.11 Å². The van der Waals surface area contributed by atoms with Crippen LogP contribution in [0.15, 0.2) is 0 Å². The van der Waals surface area contributed by atoms with E-state index >= 15 is 0 Å². The van der Waals surface area contributed by atoms with Gasteiger partial charge in [0, 0.05) is 13.1 Å². The molecular formula is C6H13BO3. The lowest BCUT2D eigenvalue weighted by Gasteiger charge is -2.11. The van der Waals surface area contributed by atoms with Crippen molar-refractivity contribution in [1.82, 2.24) is 0 Å². The molecule has 4 heteroatoms. The number of hydrogen-bond donors (Lipinski definition) is 1. The van der Waals surface area contributed by atoms with Crippen LogP contribution in [-0.4, -0.2) is 44.9 Å². The average Bonchev–Trinajstić information content (AvgIpc) is 2.13. The standard InChI is InChI=1S/C6H13BO3/c1-9-3-5-4(8)2-6(7)10-5/h4-6,8H,2-3,7H2,1H3. The summed E-state index contributed by atoms with van der Waals surface area (Å²) >= 11 is 0. The second-order valence-corrected chi connectivity index (χ2v) is 2.74. The van der Waals surface area contributed by atoms with Gasteiger partial charge in [0.15, 0.2) is 0 Å². The second kappa shape index (κ2) is 3.37. The summed E-state index contributed by atoms with van der Waals surface area (Å²) < 4.78 is 10.2. The molecule has 1 aliphatic rings. The Kier molecular flexibility index (Phi) is 2.71. The zero-order chi connectivity index (χ0) is 7.56. The molecule has 0 saturated carbocycles. The summed E-state index contributed by atoms with van der Waals surface area (Å²) in [6.07, 6.45) is 0.281. The SMILES string of the molecule is BC1CC(O)C(COC)O1. The van der Waals surface area contributed by atoms with Gasteiger partial charge in [0.05, 0.1) is 12.7 Å². The van der Waals surface area contributed by atoms with Crippen molar-refractivity contribution in [1.29, 1.82) is 0 Å². The van der Waals surface area contributed by atoms with Crippen LogP contribution in [0.1, 0.15) is 6.42 Å². The Bertz CT molecular complexity index is 109. The molecule has 10 heavy (non-hydrogen) atoms. The Labute approximate surface area is 61.7 Å². The lowest BCUT2D eigenvalue weighted by molar-refractivity contribution is -0.0173. The highest BCUT2D eigenvalue weighted by atomic mass is 16.5. The van der Waals surface area contributed by atoms with Crippen molar-refractivity contribution >= 4 is 7.85 Å². The molecule has 3 unspecified atom stereocenters. The molecule has 0 amide bonds. The summed E-state index contributed by atoms with van der Waals surface area (Å²) in [5, 5.41) is 9.29. The summed E-state index contributed by atoms with van der Waals surface area (Å²) in [4.78, 5) is 0. The number of hydrogen-bond acceptors (Lipinski definition) is 3. The van der Waals surface area contributed by atoms with Crippen molar-refractivity contribution in [2.45, 2.75) is 24.6 Å². The Balaban J connectivity index is 2.31. The Morgan fingerprint density at radius 2 is 2.50 bits per heavy atom. The third kappa shape index (κ3) is 1.72. The Morgan fingerprint density at radius 3 is 2.90 bits per heavy atom. The Morgan fingerprint density at radius 1 is 1.80 bits per heavy atom. The van der Waals surface area contributed by atoms with E-state index in [-0.39, 0.29) is 18.2 Å². The minimum atomic E-state index is -0.338. The topological polar surface area (TPSA) is 38.7 Å². The van der Waals surface area contributed by atoms with Crippen LogP contribution in [0.4, 0.5) is 0 Å². The van der Waals surface area contributed by atoms with Gasteiger partial charge in [-0.3, -0.25) is 0 Å². The predicted molar refractivity (Wildman–Crippen MR) is 39.7 cm³/mol. The highest BCUT2D eigenvalue weighted by molar-refractivity contribution is 6.11. The summed E-state index contributed by atoms with van der Waals surface area (Å²) in [5.41, 5.74) is 0. The van der Waals surface area contributed by atoms with E-state index in [0.29, 0.717) is 6.61 Å². The molecule has 1 aliphatic heterocycles. The molecule has 0 aromatic heterocycles. The maximum atomic E-state index is 9.29. The number of ether oxygens (including phenoxy) is 2.